The highest BCUT2D eigenvalue weighted by atomic mass is 32.1. The van der Waals surface area contributed by atoms with Crippen LogP contribution in [0.15, 0.2) is 17.5 Å². The van der Waals surface area contributed by atoms with Gasteiger partial charge in [0.1, 0.15) is 0 Å². The van der Waals surface area contributed by atoms with Gasteiger partial charge in [0.2, 0.25) is 11.8 Å². The minimum absolute atomic E-state index is 0.0872. The van der Waals surface area contributed by atoms with Gasteiger partial charge in [0, 0.05) is 52.0 Å². The smallest absolute Gasteiger partial charge is 0.223 e. The van der Waals surface area contributed by atoms with Gasteiger partial charge in [-0.1, -0.05) is 19.9 Å². The van der Waals surface area contributed by atoms with E-state index in [2.05, 4.69) is 18.7 Å². The minimum atomic E-state index is 0.0872. The number of thiophene rings is 1. The minimum Gasteiger partial charge on any atom is -0.339 e. The fourth-order valence-electron chi connectivity index (χ4n) is 3.28. The van der Waals surface area contributed by atoms with Gasteiger partial charge >= 0.3 is 0 Å². The molecule has 2 heterocycles. The van der Waals surface area contributed by atoms with Crippen LogP contribution in [-0.2, 0) is 9.59 Å². The van der Waals surface area contributed by atoms with Gasteiger partial charge in [-0.05, 0) is 31.0 Å². The highest BCUT2D eigenvalue weighted by Gasteiger charge is 2.24. The Morgan fingerprint density at radius 1 is 0.963 bits per heavy atom. The number of piperazine rings is 1. The van der Waals surface area contributed by atoms with Gasteiger partial charge in [0.25, 0.3) is 0 Å². The second-order valence-corrected chi connectivity index (χ2v) is 7.74. The van der Waals surface area contributed by atoms with Crippen LogP contribution in [0.2, 0.25) is 0 Å². The van der Waals surface area contributed by atoms with Crippen molar-refractivity contribution in [3.05, 3.63) is 22.4 Å². The van der Waals surface area contributed by atoms with Crippen molar-refractivity contribution in [3.8, 4) is 0 Å². The van der Waals surface area contributed by atoms with E-state index >= 15 is 0 Å². The molecule has 0 bridgehead atoms. The fourth-order valence-corrected chi connectivity index (χ4v) is 3.97. The van der Waals surface area contributed by atoms with Crippen molar-refractivity contribution < 1.29 is 14.4 Å². The van der Waals surface area contributed by atoms with Gasteiger partial charge in [-0.2, -0.15) is 0 Å². The Labute approximate surface area is 166 Å². The number of carbonyl (C=O) groups is 3. The third-order valence-electron chi connectivity index (χ3n) is 5.11. The second kappa shape index (κ2) is 11.2. The first kappa shape index (κ1) is 21.6. The highest BCUT2D eigenvalue weighted by Crippen LogP contribution is 2.14. The topological polar surface area (TPSA) is 60.9 Å². The summed E-state index contributed by atoms with van der Waals surface area (Å²) in [6, 6.07) is 3.69. The molecule has 150 valence electrons. The van der Waals surface area contributed by atoms with Crippen LogP contribution < -0.4 is 0 Å². The molecular weight excluding hydrogens is 362 g/mol. The molecule has 1 saturated heterocycles. The number of ketones is 1. The summed E-state index contributed by atoms with van der Waals surface area (Å²) >= 11 is 1.44. The zero-order valence-corrected chi connectivity index (χ0v) is 17.3. The summed E-state index contributed by atoms with van der Waals surface area (Å²) in [5, 5.41) is 1.89. The lowest BCUT2D eigenvalue weighted by atomic mass is 10.1. The fraction of sp³-hybridized carbons (Fsp3) is 0.650. The van der Waals surface area contributed by atoms with Crippen LogP contribution in [0.4, 0.5) is 0 Å². The summed E-state index contributed by atoms with van der Waals surface area (Å²) in [5.74, 6) is 0.376. The van der Waals surface area contributed by atoms with Crippen molar-refractivity contribution >= 4 is 28.9 Å². The normalized spacial score (nSPS) is 14.6. The summed E-state index contributed by atoms with van der Waals surface area (Å²) in [6.45, 7) is 9.32. The first-order chi connectivity index (χ1) is 13.0. The van der Waals surface area contributed by atoms with Crippen molar-refractivity contribution in [1.82, 2.24) is 14.7 Å². The Balaban J connectivity index is 1.65. The molecule has 2 amide bonds. The summed E-state index contributed by atoms with van der Waals surface area (Å²) in [4.78, 5) is 43.3. The SMILES string of the molecule is CCN(CC)CCC(=O)N1CCN(C(=O)CCCC(=O)c2cccs2)CC1. The molecule has 1 aliphatic rings. The summed E-state index contributed by atoms with van der Waals surface area (Å²) in [7, 11) is 0. The Morgan fingerprint density at radius 2 is 1.56 bits per heavy atom. The van der Waals surface area contributed by atoms with Crippen LogP contribution in [0.3, 0.4) is 0 Å². The van der Waals surface area contributed by atoms with Crippen molar-refractivity contribution in [2.24, 2.45) is 0 Å². The van der Waals surface area contributed by atoms with E-state index in [1.165, 1.54) is 11.3 Å². The van der Waals surface area contributed by atoms with Crippen molar-refractivity contribution in [2.45, 2.75) is 39.5 Å². The number of carbonyl (C=O) groups excluding carboxylic acids is 3. The van der Waals surface area contributed by atoms with Crippen LogP contribution in [0.5, 0.6) is 0 Å². The zero-order valence-electron chi connectivity index (χ0n) is 16.5. The molecule has 0 radical (unpaired) electrons. The lowest BCUT2D eigenvalue weighted by molar-refractivity contribution is -0.139. The van der Waals surface area contributed by atoms with E-state index in [1.54, 1.807) is 0 Å². The van der Waals surface area contributed by atoms with Crippen LogP contribution in [0.25, 0.3) is 0 Å². The number of rotatable bonds is 10. The molecule has 27 heavy (non-hydrogen) atoms. The van der Waals surface area contributed by atoms with Gasteiger partial charge < -0.3 is 14.7 Å². The van der Waals surface area contributed by atoms with E-state index in [1.807, 2.05) is 27.3 Å². The maximum Gasteiger partial charge on any atom is 0.223 e. The average molecular weight is 394 g/mol. The monoisotopic (exact) mass is 393 g/mol. The van der Waals surface area contributed by atoms with E-state index in [-0.39, 0.29) is 17.6 Å². The van der Waals surface area contributed by atoms with E-state index in [4.69, 9.17) is 0 Å². The summed E-state index contributed by atoms with van der Waals surface area (Å²) in [6.07, 6.45) is 1.93. The predicted molar refractivity (Wildman–Crippen MR) is 108 cm³/mol. The first-order valence-corrected chi connectivity index (χ1v) is 10.8. The molecule has 0 N–H and O–H groups in total. The molecule has 0 aliphatic carbocycles. The van der Waals surface area contributed by atoms with Gasteiger partial charge in [-0.15, -0.1) is 11.3 Å². The maximum atomic E-state index is 12.3. The number of amides is 2. The van der Waals surface area contributed by atoms with Crippen molar-refractivity contribution in [3.63, 3.8) is 0 Å². The molecule has 1 aromatic rings. The first-order valence-electron chi connectivity index (χ1n) is 9.89. The summed E-state index contributed by atoms with van der Waals surface area (Å²) in [5.41, 5.74) is 0. The molecule has 1 aromatic heterocycles. The number of Topliss-reactive ketones (excluding diaryl/α,β-unsaturated/α-hetero) is 1. The van der Waals surface area contributed by atoms with Gasteiger partial charge in [0.05, 0.1) is 4.88 Å². The highest BCUT2D eigenvalue weighted by molar-refractivity contribution is 7.12. The Morgan fingerprint density at radius 3 is 2.07 bits per heavy atom. The molecular formula is C20H31N3O3S. The standard InChI is InChI=1S/C20H31N3O3S/c1-3-21(4-2)11-10-20(26)23-14-12-22(13-15-23)19(25)9-5-7-17(24)18-8-6-16-27-18/h6,8,16H,3-5,7,9-15H2,1-2H3. The van der Waals surface area contributed by atoms with Crippen molar-refractivity contribution in [1.29, 1.82) is 0 Å². The van der Waals surface area contributed by atoms with E-state index < -0.39 is 0 Å². The van der Waals surface area contributed by atoms with Gasteiger partial charge in [-0.3, -0.25) is 14.4 Å². The van der Waals surface area contributed by atoms with Crippen LogP contribution in [0.1, 0.15) is 49.2 Å². The number of hydrogen-bond acceptors (Lipinski definition) is 5. The molecule has 7 heteroatoms. The van der Waals surface area contributed by atoms with E-state index in [9.17, 15) is 14.4 Å². The van der Waals surface area contributed by atoms with Crippen LogP contribution in [-0.4, -0.2) is 78.1 Å². The van der Waals surface area contributed by atoms with Crippen LogP contribution >= 0.6 is 11.3 Å². The molecule has 0 atom stereocenters. The molecule has 2 rings (SSSR count). The van der Waals surface area contributed by atoms with Gasteiger partial charge in [-0.25, -0.2) is 0 Å². The predicted octanol–water partition coefficient (Wildman–Crippen LogP) is 2.50. The van der Waals surface area contributed by atoms with E-state index in [0.29, 0.717) is 51.9 Å². The molecule has 1 fully saturated rings. The molecule has 0 unspecified atom stereocenters. The molecule has 1 aliphatic heterocycles. The molecule has 0 saturated carbocycles. The molecule has 6 nitrogen and oxygen atoms in total. The molecule has 0 spiro atoms. The third-order valence-corrected chi connectivity index (χ3v) is 6.02. The quantitative estimate of drug-likeness (QED) is 0.573. The second-order valence-electron chi connectivity index (χ2n) is 6.79. The Bertz CT molecular complexity index is 606. The van der Waals surface area contributed by atoms with E-state index in [0.717, 1.165) is 24.5 Å². The van der Waals surface area contributed by atoms with Gasteiger partial charge in [0.15, 0.2) is 5.78 Å². The maximum absolute atomic E-state index is 12.3. The average Bonchev–Trinajstić information content (AvgIpc) is 3.23. The zero-order chi connectivity index (χ0) is 19.6. The lowest BCUT2D eigenvalue weighted by Crippen LogP contribution is -2.51. The summed E-state index contributed by atoms with van der Waals surface area (Å²) < 4.78 is 0. The number of hydrogen-bond donors (Lipinski definition) is 0. The number of nitrogens with zero attached hydrogens (tertiary/aromatic N) is 3. The largest absolute Gasteiger partial charge is 0.339 e. The molecule has 0 aromatic carbocycles. The third kappa shape index (κ3) is 6.74. The lowest BCUT2D eigenvalue weighted by Gasteiger charge is -2.35. The van der Waals surface area contributed by atoms with Crippen LogP contribution in [0, 0.1) is 0 Å². The Kier molecular flexibility index (Phi) is 8.94. The Hall–Kier alpha value is -1.73. The van der Waals surface area contributed by atoms with Crippen molar-refractivity contribution in [2.75, 3.05) is 45.8 Å².